The van der Waals surface area contributed by atoms with Crippen LogP contribution in [0.2, 0.25) is 0 Å². The van der Waals surface area contributed by atoms with Crippen LogP contribution in [0, 0.1) is 5.92 Å². The van der Waals surface area contributed by atoms with E-state index in [1.807, 2.05) is 0 Å². The summed E-state index contributed by atoms with van der Waals surface area (Å²) >= 11 is 0. The summed E-state index contributed by atoms with van der Waals surface area (Å²) in [6.45, 7) is 1.99. The van der Waals surface area contributed by atoms with E-state index in [0.717, 1.165) is 0 Å². The standard InChI is InChI=1S/C15H20N2O5/c1-20-9-10-7-17(8-10)15(19)16-12-5-4-11(14(18)22-3)6-13(12)21-2/h4-6,10H,7-9H2,1-3H3,(H,16,19). The van der Waals surface area contributed by atoms with Gasteiger partial charge in [-0.25, -0.2) is 9.59 Å². The third-order valence-electron chi connectivity index (χ3n) is 3.51. The number of anilines is 1. The number of hydrogen-bond acceptors (Lipinski definition) is 5. The molecule has 0 radical (unpaired) electrons. The van der Waals surface area contributed by atoms with E-state index < -0.39 is 5.97 Å². The van der Waals surface area contributed by atoms with Gasteiger partial charge in [0.1, 0.15) is 5.75 Å². The van der Waals surface area contributed by atoms with Crippen molar-refractivity contribution in [3.05, 3.63) is 23.8 Å². The fourth-order valence-electron chi connectivity index (χ4n) is 2.31. The summed E-state index contributed by atoms with van der Waals surface area (Å²) in [6.07, 6.45) is 0. The molecule has 22 heavy (non-hydrogen) atoms. The van der Waals surface area contributed by atoms with Gasteiger partial charge in [-0.05, 0) is 18.2 Å². The molecule has 1 N–H and O–H groups in total. The van der Waals surface area contributed by atoms with Crippen LogP contribution in [0.25, 0.3) is 0 Å². The van der Waals surface area contributed by atoms with E-state index in [9.17, 15) is 9.59 Å². The molecule has 0 unspecified atom stereocenters. The maximum Gasteiger partial charge on any atom is 0.337 e. The summed E-state index contributed by atoms with van der Waals surface area (Å²) in [7, 11) is 4.44. The Morgan fingerprint density at radius 2 is 2.00 bits per heavy atom. The fraction of sp³-hybridized carbons (Fsp3) is 0.467. The van der Waals surface area contributed by atoms with Gasteiger partial charge >= 0.3 is 12.0 Å². The Hall–Kier alpha value is -2.28. The molecule has 120 valence electrons. The number of nitrogens with zero attached hydrogens (tertiary/aromatic N) is 1. The normalized spacial score (nSPS) is 14.2. The van der Waals surface area contributed by atoms with Crippen molar-refractivity contribution in [2.45, 2.75) is 0 Å². The first-order valence-corrected chi connectivity index (χ1v) is 6.90. The van der Waals surface area contributed by atoms with E-state index in [1.54, 1.807) is 24.1 Å². The molecular formula is C15H20N2O5. The third-order valence-corrected chi connectivity index (χ3v) is 3.51. The van der Waals surface area contributed by atoms with Crippen LogP contribution in [0.5, 0.6) is 5.75 Å². The molecule has 1 saturated heterocycles. The molecule has 1 fully saturated rings. The molecule has 0 aromatic heterocycles. The van der Waals surface area contributed by atoms with Crippen LogP contribution in [0.1, 0.15) is 10.4 Å². The summed E-state index contributed by atoms with van der Waals surface area (Å²) in [4.78, 5) is 25.3. The number of likely N-dealkylation sites (tertiary alicyclic amines) is 1. The number of ether oxygens (including phenoxy) is 3. The predicted octanol–water partition coefficient (Wildman–Crippen LogP) is 1.59. The third kappa shape index (κ3) is 3.48. The Labute approximate surface area is 129 Å². The van der Waals surface area contributed by atoms with Crippen molar-refractivity contribution < 1.29 is 23.8 Å². The zero-order chi connectivity index (χ0) is 16.1. The van der Waals surface area contributed by atoms with E-state index in [1.165, 1.54) is 20.3 Å². The molecule has 1 aromatic rings. The van der Waals surface area contributed by atoms with Crippen LogP contribution in [0.4, 0.5) is 10.5 Å². The average molecular weight is 308 g/mol. The summed E-state index contributed by atoms with van der Waals surface area (Å²) < 4.78 is 14.9. The predicted molar refractivity (Wildman–Crippen MR) is 80.3 cm³/mol. The summed E-state index contributed by atoms with van der Waals surface area (Å²) in [5.74, 6) is 0.339. The van der Waals surface area contributed by atoms with Crippen molar-refractivity contribution in [1.82, 2.24) is 4.90 Å². The lowest BCUT2D eigenvalue weighted by Gasteiger charge is -2.38. The first-order valence-electron chi connectivity index (χ1n) is 6.90. The Morgan fingerprint density at radius 1 is 1.27 bits per heavy atom. The summed E-state index contributed by atoms with van der Waals surface area (Å²) in [6, 6.07) is 4.53. The summed E-state index contributed by atoms with van der Waals surface area (Å²) in [5, 5.41) is 2.78. The molecule has 2 amide bonds. The highest BCUT2D eigenvalue weighted by molar-refractivity contribution is 5.94. The zero-order valence-corrected chi connectivity index (χ0v) is 12.9. The van der Waals surface area contributed by atoms with Crippen LogP contribution in [0.3, 0.4) is 0 Å². The van der Waals surface area contributed by atoms with Gasteiger partial charge in [0.05, 0.1) is 32.1 Å². The number of amides is 2. The SMILES string of the molecule is COCC1CN(C(=O)Nc2ccc(C(=O)OC)cc2OC)C1. The molecular weight excluding hydrogens is 288 g/mol. The van der Waals surface area contributed by atoms with Crippen molar-refractivity contribution in [2.24, 2.45) is 5.92 Å². The van der Waals surface area contributed by atoms with Crippen molar-refractivity contribution in [2.75, 3.05) is 46.3 Å². The molecule has 7 heteroatoms. The fourth-order valence-corrected chi connectivity index (χ4v) is 2.31. The number of carbonyl (C=O) groups is 2. The van der Waals surface area contributed by atoms with E-state index in [0.29, 0.717) is 42.6 Å². The van der Waals surface area contributed by atoms with Crippen LogP contribution in [-0.4, -0.2) is 57.9 Å². The Morgan fingerprint density at radius 3 is 2.59 bits per heavy atom. The monoisotopic (exact) mass is 308 g/mol. The lowest BCUT2D eigenvalue weighted by molar-refractivity contribution is 0.0597. The number of hydrogen-bond donors (Lipinski definition) is 1. The minimum atomic E-state index is -0.457. The average Bonchev–Trinajstić information content (AvgIpc) is 2.49. The van der Waals surface area contributed by atoms with Gasteiger partial charge in [-0.1, -0.05) is 0 Å². The maximum atomic E-state index is 12.1. The molecule has 0 atom stereocenters. The molecule has 1 aliphatic heterocycles. The lowest BCUT2D eigenvalue weighted by atomic mass is 10.0. The van der Waals surface area contributed by atoms with Crippen LogP contribution in [0.15, 0.2) is 18.2 Å². The van der Waals surface area contributed by atoms with Crippen molar-refractivity contribution in [3.8, 4) is 5.75 Å². The number of carbonyl (C=O) groups excluding carboxylic acids is 2. The van der Waals surface area contributed by atoms with E-state index in [4.69, 9.17) is 9.47 Å². The largest absolute Gasteiger partial charge is 0.495 e. The number of nitrogens with one attached hydrogen (secondary N) is 1. The second-order valence-corrected chi connectivity index (χ2v) is 5.06. The minimum Gasteiger partial charge on any atom is -0.495 e. The highest BCUT2D eigenvalue weighted by atomic mass is 16.5. The van der Waals surface area contributed by atoms with Crippen LogP contribution >= 0.6 is 0 Å². The van der Waals surface area contributed by atoms with Gasteiger partial charge in [0, 0.05) is 26.1 Å². The molecule has 0 spiro atoms. The van der Waals surface area contributed by atoms with E-state index >= 15 is 0 Å². The molecule has 1 aliphatic rings. The molecule has 2 rings (SSSR count). The van der Waals surface area contributed by atoms with Crippen molar-refractivity contribution >= 4 is 17.7 Å². The van der Waals surface area contributed by atoms with Gasteiger partial charge in [-0.15, -0.1) is 0 Å². The van der Waals surface area contributed by atoms with Gasteiger partial charge in [-0.3, -0.25) is 0 Å². The minimum absolute atomic E-state index is 0.198. The highest BCUT2D eigenvalue weighted by Gasteiger charge is 2.30. The zero-order valence-electron chi connectivity index (χ0n) is 12.9. The molecule has 7 nitrogen and oxygen atoms in total. The summed E-state index contributed by atoms with van der Waals surface area (Å²) in [5.41, 5.74) is 0.872. The number of benzene rings is 1. The van der Waals surface area contributed by atoms with Crippen molar-refractivity contribution in [3.63, 3.8) is 0 Å². The van der Waals surface area contributed by atoms with Gasteiger partial charge < -0.3 is 24.4 Å². The number of urea groups is 1. The quantitative estimate of drug-likeness (QED) is 0.836. The Balaban J connectivity index is 2.00. The number of methoxy groups -OCH3 is 3. The topological polar surface area (TPSA) is 77.1 Å². The van der Waals surface area contributed by atoms with Gasteiger partial charge in [-0.2, -0.15) is 0 Å². The smallest absolute Gasteiger partial charge is 0.337 e. The first kappa shape index (κ1) is 16.1. The molecule has 0 aliphatic carbocycles. The molecule has 1 aromatic carbocycles. The Bertz CT molecular complexity index is 555. The highest BCUT2D eigenvalue weighted by Crippen LogP contribution is 2.27. The maximum absolute atomic E-state index is 12.1. The van der Waals surface area contributed by atoms with Crippen LogP contribution < -0.4 is 10.1 Å². The lowest BCUT2D eigenvalue weighted by Crippen LogP contribution is -2.53. The second kappa shape index (κ2) is 7.13. The van der Waals surface area contributed by atoms with Gasteiger partial charge in [0.25, 0.3) is 0 Å². The second-order valence-electron chi connectivity index (χ2n) is 5.06. The molecule has 0 bridgehead atoms. The molecule has 1 heterocycles. The van der Waals surface area contributed by atoms with Gasteiger partial charge in [0.2, 0.25) is 0 Å². The number of rotatable bonds is 5. The molecule has 0 saturated carbocycles. The Kier molecular flexibility index (Phi) is 5.21. The number of esters is 1. The van der Waals surface area contributed by atoms with E-state index in [2.05, 4.69) is 10.1 Å². The van der Waals surface area contributed by atoms with Crippen LogP contribution in [-0.2, 0) is 9.47 Å². The van der Waals surface area contributed by atoms with Gasteiger partial charge in [0.15, 0.2) is 0 Å². The first-order chi connectivity index (χ1) is 10.6. The van der Waals surface area contributed by atoms with Crippen molar-refractivity contribution in [1.29, 1.82) is 0 Å². The van der Waals surface area contributed by atoms with E-state index in [-0.39, 0.29) is 6.03 Å².